The molecule has 0 bridgehead atoms. The smallest absolute Gasteiger partial charge is 0.0731 e. The molecule has 1 heterocycles. The number of aliphatic hydroxyl groups is 1. The molecule has 1 aromatic heterocycles. The van der Waals surface area contributed by atoms with Crippen molar-refractivity contribution in [1.82, 2.24) is 0 Å². The lowest BCUT2D eigenvalue weighted by Crippen LogP contribution is -2.29. The monoisotopic (exact) mass is 244 g/mol. The van der Waals surface area contributed by atoms with Crippen molar-refractivity contribution in [3.05, 3.63) is 57.8 Å². The van der Waals surface area contributed by atoms with Gasteiger partial charge in [0.15, 0.2) is 0 Å². The Morgan fingerprint density at radius 2 is 1.76 bits per heavy atom. The van der Waals surface area contributed by atoms with E-state index >= 15 is 0 Å². The third kappa shape index (κ3) is 2.28. The van der Waals surface area contributed by atoms with Gasteiger partial charge < -0.3 is 5.11 Å². The van der Waals surface area contributed by atoms with Crippen LogP contribution in [0.3, 0.4) is 0 Å². The molecule has 1 nitrogen and oxygen atoms in total. The van der Waals surface area contributed by atoms with Crippen molar-refractivity contribution in [1.29, 1.82) is 0 Å². The Morgan fingerprint density at radius 1 is 1.06 bits per heavy atom. The summed E-state index contributed by atoms with van der Waals surface area (Å²) in [6, 6.07) is 12.6. The number of benzene rings is 1. The number of rotatable bonds is 3. The van der Waals surface area contributed by atoms with Gasteiger partial charge in [-0.05, 0) is 35.4 Å². The van der Waals surface area contributed by atoms with Crippen LogP contribution >= 0.6 is 11.3 Å². The highest BCUT2D eigenvalue weighted by Crippen LogP contribution is 2.33. The maximum atomic E-state index is 10.6. The van der Waals surface area contributed by atoms with E-state index in [0.717, 1.165) is 25.7 Å². The van der Waals surface area contributed by atoms with E-state index in [-0.39, 0.29) is 0 Å². The summed E-state index contributed by atoms with van der Waals surface area (Å²) in [7, 11) is 0. The first-order chi connectivity index (χ1) is 8.25. The number of aryl methyl sites for hydroxylation is 1. The van der Waals surface area contributed by atoms with Crippen molar-refractivity contribution in [2.24, 2.45) is 0 Å². The van der Waals surface area contributed by atoms with Gasteiger partial charge in [0.25, 0.3) is 0 Å². The molecule has 17 heavy (non-hydrogen) atoms. The second-order valence-electron chi connectivity index (χ2n) is 4.93. The van der Waals surface area contributed by atoms with Crippen LogP contribution in [0.2, 0.25) is 0 Å². The highest BCUT2D eigenvalue weighted by atomic mass is 32.1. The van der Waals surface area contributed by atoms with E-state index in [2.05, 4.69) is 41.8 Å². The van der Waals surface area contributed by atoms with Gasteiger partial charge in [0, 0.05) is 17.7 Å². The number of fused-ring (bicyclic) bond motifs is 1. The first-order valence-electron chi connectivity index (χ1n) is 6.07. The zero-order valence-electron chi connectivity index (χ0n) is 9.73. The van der Waals surface area contributed by atoms with E-state index in [0.29, 0.717) is 0 Å². The average molecular weight is 244 g/mol. The minimum atomic E-state index is -0.520. The van der Waals surface area contributed by atoms with Gasteiger partial charge in [-0.2, -0.15) is 0 Å². The summed E-state index contributed by atoms with van der Waals surface area (Å²) in [4.78, 5) is 1.37. The van der Waals surface area contributed by atoms with Crippen LogP contribution in [0, 0.1) is 0 Å². The molecule has 1 aromatic carbocycles. The van der Waals surface area contributed by atoms with Crippen molar-refractivity contribution in [2.75, 3.05) is 0 Å². The molecule has 3 rings (SSSR count). The van der Waals surface area contributed by atoms with Gasteiger partial charge in [-0.25, -0.2) is 0 Å². The molecular formula is C15H16OS. The molecule has 0 unspecified atom stereocenters. The molecule has 0 radical (unpaired) electrons. The Hall–Kier alpha value is -1.12. The predicted molar refractivity (Wildman–Crippen MR) is 71.4 cm³/mol. The molecule has 2 aromatic rings. The van der Waals surface area contributed by atoms with Crippen LogP contribution in [-0.4, -0.2) is 10.7 Å². The Morgan fingerprint density at radius 3 is 2.35 bits per heavy atom. The standard InChI is InChI=1S/C15H16OS/c16-15(8-7-14-6-3-9-17-14)10-12-4-1-2-5-13(12)11-15/h1-6,9,16H,7-8,10-11H2. The molecule has 0 amide bonds. The molecule has 1 aliphatic rings. The fraction of sp³-hybridized carbons (Fsp3) is 0.333. The highest BCUT2D eigenvalue weighted by Gasteiger charge is 2.34. The molecule has 0 spiro atoms. The zero-order valence-corrected chi connectivity index (χ0v) is 10.5. The molecule has 0 aliphatic heterocycles. The van der Waals surface area contributed by atoms with Crippen LogP contribution < -0.4 is 0 Å². The van der Waals surface area contributed by atoms with E-state index in [1.54, 1.807) is 11.3 Å². The van der Waals surface area contributed by atoms with Crippen molar-refractivity contribution in [2.45, 2.75) is 31.3 Å². The van der Waals surface area contributed by atoms with Crippen molar-refractivity contribution in [3.8, 4) is 0 Å². The molecule has 0 atom stereocenters. The Labute approximate surface area is 106 Å². The zero-order chi connectivity index (χ0) is 11.7. The summed E-state index contributed by atoms with van der Waals surface area (Å²) in [6.07, 6.45) is 3.48. The second-order valence-corrected chi connectivity index (χ2v) is 5.96. The van der Waals surface area contributed by atoms with Gasteiger partial charge in [-0.15, -0.1) is 11.3 Å². The average Bonchev–Trinajstić information content (AvgIpc) is 2.92. The fourth-order valence-corrected chi connectivity index (χ4v) is 3.37. The van der Waals surface area contributed by atoms with Crippen LogP contribution in [0.15, 0.2) is 41.8 Å². The minimum Gasteiger partial charge on any atom is -0.389 e. The van der Waals surface area contributed by atoms with Crippen molar-refractivity contribution < 1.29 is 5.11 Å². The third-order valence-corrected chi connectivity index (χ3v) is 4.51. The third-order valence-electron chi connectivity index (χ3n) is 3.57. The number of hydrogen-bond acceptors (Lipinski definition) is 2. The summed E-state index contributed by atoms with van der Waals surface area (Å²) in [5.41, 5.74) is 2.12. The maximum absolute atomic E-state index is 10.6. The Balaban J connectivity index is 1.69. The minimum absolute atomic E-state index is 0.520. The van der Waals surface area contributed by atoms with Gasteiger partial charge in [0.05, 0.1) is 5.60 Å². The number of hydrogen-bond donors (Lipinski definition) is 1. The van der Waals surface area contributed by atoms with E-state index in [4.69, 9.17) is 0 Å². The second kappa shape index (κ2) is 4.28. The fourth-order valence-electron chi connectivity index (χ4n) is 2.66. The van der Waals surface area contributed by atoms with Crippen molar-refractivity contribution >= 4 is 11.3 Å². The first-order valence-corrected chi connectivity index (χ1v) is 6.95. The molecule has 2 heteroatoms. The topological polar surface area (TPSA) is 20.2 Å². The quantitative estimate of drug-likeness (QED) is 0.879. The van der Waals surface area contributed by atoms with Crippen LogP contribution in [0.25, 0.3) is 0 Å². The largest absolute Gasteiger partial charge is 0.389 e. The molecule has 0 fully saturated rings. The van der Waals surface area contributed by atoms with Crippen LogP contribution in [0.4, 0.5) is 0 Å². The normalized spacial score (nSPS) is 17.0. The Bertz CT molecular complexity index is 476. The summed E-state index contributed by atoms with van der Waals surface area (Å²) < 4.78 is 0. The maximum Gasteiger partial charge on any atom is 0.0731 e. The Kier molecular flexibility index (Phi) is 2.77. The van der Waals surface area contributed by atoms with Crippen LogP contribution in [0.1, 0.15) is 22.4 Å². The molecule has 0 saturated heterocycles. The summed E-state index contributed by atoms with van der Waals surface area (Å²) in [6.45, 7) is 0. The number of thiophene rings is 1. The summed E-state index contributed by atoms with van der Waals surface area (Å²) >= 11 is 1.78. The van der Waals surface area contributed by atoms with E-state index in [9.17, 15) is 5.11 Å². The SMILES string of the molecule is OC1(CCc2cccs2)Cc2ccccc2C1. The predicted octanol–water partition coefficient (Wildman–Crippen LogP) is 3.21. The summed E-state index contributed by atoms with van der Waals surface area (Å²) in [5, 5.41) is 12.7. The van der Waals surface area contributed by atoms with Gasteiger partial charge in [-0.3, -0.25) is 0 Å². The van der Waals surface area contributed by atoms with Gasteiger partial charge in [0.1, 0.15) is 0 Å². The first kappa shape index (κ1) is 11.0. The highest BCUT2D eigenvalue weighted by molar-refractivity contribution is 7.09. The van der Waals surface area contributed by atoms with Crippen LogP contribution in [-0.2, 0) is 19.3 Å². The van der Waals surface area contributed by atoms with Gasteiger partial charge in [0.2, 0.25) is 0 Å². The molecule has 0 saturated carbocycles. The molecule has 88 valence electrons. The molecule has 1 N–H and O–H groups in total. The van der Waals surface area contributed by atoms with Crippen LogP contribution in [0.5, 0.6) is 0 Å². The van der Waals surface area contributed by atoms with Crippen molar-refractivity contribution in [3.63, 3.8) is 0 Å². The molecule has 1 aliphatic carbocycles. The van der Waals surface area contributed by atoms with E-state index in [1.165, 1.54) is 16.0 Å². The lowest BCUT2D eigenvalue weighted by Gasteiger charge is -2.21. The van der Waals surface area contributed by atoms with Gasteiger partial charge >= 0.3 is 0 Å². The van der Waals surface area contributed by atoms with Gasteiger partial charge in [-0.1, -0.05) is 30.3 Å². The lowest BCUT2D eigenvalue weighted by atomic mass is 9.94. The lowest BCUT2D eigenvalue weighted by molar-refractivity contribution is 0.0429. The van der Waals surface area contributed by atoms with E-state index < -0.39 is 5.60 Å². The summed E-state index contributed by atoms with van der Waals surface area (Å²) in [5.74, 6) is 0. The molecular weight excluding hydrogens is 228 g/mol. The van der Waals surface area contributed by atoms with E-state index in [1.807, 2.05) is 0 Å².